The van der Waals surface area contributed by atoms with Gasteiger partial charge in [-0.2, -0.15) is 11.8 Å². The van der Waals surface area contributed by atoms with E-state index in [1.807, 2.05) is 4.57 Å². The summed E-state index contributed by atoms with van der Waals surface area (Å²) in [6, 6.07) is 5.65. The van der Waals surface area contributed by atoms with Crippen molar-refractivity contribution in [3.63, 3.8) is 0 Å². The molecule has 1 aromatic carbocycles. The highest BCUT2D eigenvalue weighted by Crippen LogP contribution is 2.58. The van der Waals surface area contributed by atoms with E-state index in [9.17, 15) is 24.5 Å². The van der Waals surface area contributed by atoms with Gasteiger partial charge in [0.2, 0.25) is 0 Å². The summed E-state index contributed by atoms with van der Waals surface area (Å²) in [6.45, 7) is 1.86. The van der Waals surface area contributed by atoms with Crippen molar-refractivity contribution in [2.24, 2.45) is 0 Å². The predicted octanol–water partition coefficient (Wildman–Crippen LogP) is 3.28. The van der Waals surface area contributed by atoms with Crippen molar-refractivity contribution in [1.29, 1.82) is 0 Å². The Kier molecular flexibility index (Phi) is 6.59. The van der Waals surface area contributed by atoms with Crippen molar-refractivity contribution >= 4 is 63.0 Å². The van der Waals surface area contributed by atoms with Gasteiger partial charge >= 0.3 is 11.9 Å². The normalized spacial score (nSPS) is 23.2. The Morgan fingerprint density at radius 1 is 1.36 bits per heavy atom. The quantitative estimate of drug-likeness (QED) is 0.154. The van der Waals surface area contributed by atoms with Gasteiger partial charge in [0.15, 0.2) is 10.4 Å². The van der Waals surface area contributed by atoms with Crippen LogP contribution in [-0.4, -0.2) is 52.7 Å². The summed E-state index contributed by atoms with van der Waals surface area (Å²) in [4.78, 5) is 54.3. The Morgan fingerprint density at radius 3 is 2.81 bits per heavy atom. The van der Waals surface area contributed by atoms with Crippen LogP contribution >= 0.6 is 39.5 Å². The van der Waals surface area contributed by atoms with Gasteiger partial charge in [-0.25, -0.2) is 9.78 Å². The van der Waals surface area contributed by atoms with Crippen LogP contribution in [0.2, 0.25) is 0 Å². The molecule has 1 saturated heterocycles. The van der Waals surface area contributed by atoms with Gasteiger partial charge in [-0.15, -0.1) is 11.8 Å². The van der Waals surface area contributed by atoms with Crippen molar-refractivity contribution in [3.8, 4) is 0 Å². The topological polar surface area (TPSA) is 134 Å². The molecule has 0 aliphatic carbocycles. The standard InChI is InChI=1S/C22H19BrN4O7S2/c1-12(28)34-18(15-8-24-17-11-35-7-6-25(15)17)22(23)20(30)26-16(10-36-21(22)26)19(29)33-9-13-2-4-14(5-3-13)27(31)32/h2-5,8,10,18,21H,6-7,9,11H2,1H3/t18?,21-,22?/m1/s1. The number of β-lactam (4-membered cyclic amide) rings is 1. The highest BCUT2D eigenvalue weighted by Gasteiger charge is 2.69. The maximum absolute atomic E-state index is 13.5. The van der Waals surface area contributed by atoms with Gasteiger partial charge in [0, 0.05) is 36.8 Å². The highest BCUT2D eigenvalue weighted by molar-refractivity contribution is 9.10. The number of non-ortho nitro benzene ring substituents is 1. The molecule has 11 nitrogen and oxygen atoms in total. The molecule has 36 heavy (non-hydrogen) atoms. The number of nitro benzene ring substituents is 1. The number of rotatable bonds is 7. The number of esters is 2. The first-order valence-electron chi connectivity index (χ1n) is 10.8. The minimum Gasteiger partial charge on any atom is -0.456 e. The average Bonchev–Trinajstić information content (AvgIpc) is 3.49. The number of ether oxygens (including phenoxy) is 2. The van der Waals surface area contributed by atoms with Gasteiger partial charge in [0.25, 0.3) is 11.6 Å². The molecular formula is C22H19BrN4O7S2. The SMILES string of the molecule is CC(=O)OC(c1cnc2n1CCSC2)C1(Br)C(=O)N2C(C(=O)OCc3ccc([N+](=O)[O-])cc3)=CS[C@@H]21. The third kappa shape index (κ3) is 4.10. The van der Waals surface area contributed by atoms with Crippen LogP contribution in [0.3, 0.4) is 0 Å². The van der Waals surface area contributed by atoms with Crippen molar-refractivity contribution < 1.29 is 28.8 Å². The fraction of sp³-hybridized carbons (Fsp3) is 0.364. The number of hydrogen-bond donors (Lipinski definition) is 0. The van der Waals surface area contributed by atoms with E-state index in [2.05, 4.69) is 20.9 Å². The first kappa shape index (κ1) is 24.8. The van der Waals surface area contributed by atoms with E-state index in [1.54, 1.807) is 23.4 Å². The van der Waals surface area contributed by atoms with Crippen molar-refractivity contribution in [2.75, 3.05) is 5.75 Å². The van der Waals surface area contributed by atoms with Gasteiger partial charge in [0.05, 0.1) is 22.6 Å². The fourth-order valence-corrected chi connectivity index (χ4v) is 7.42. The number of halogens is 1. The van der Waals surface area contributed by atoms with Gasteiger partial charge < -0.3 is 14.0 Å². The van der Waals surface area contributed by atoms with Crippen LogP contribution in [0.4, 0.5) is 5.69 Å². The molecule has 188 valence electrons. The highest BCUT2D eigenvalue weighted by atomic mass is 79.9. The summed E-state index contributed by atoms with van der Waals surface area (Å²) in [5, 5.41) is 11.8. The van der Waals surface area contributed by atoms with Crippen LogP contribution < -0.4 is 0 Å². The van der Waals surface area contributed by atoms with E-state index < -0.39 is 38.6 Å². The van der Waals surface area contributed by atoms with Crippen LogP contribution in [-0.2, 0) is 42.8 Å². The molecule has 3 aliphatic rings. The predicted molar refractivity (Wildman–Crippen MR) is 134 cm³/mol. The molecule has 0 N–H and O–H groups in total. The van der Waals surface area contributed by atoms with Gasteiger partial charge in [0.1, 0.15) is 23.5 Å². The van der Waals surface area contributed by atoms with Crippen LogP contribution in [0.1, 0.15) is 30.1 Å². The molecule has 5 rings (SSSR count). The molecule has 0 spiro atoms. The number of imidazole rings is 1. The summed E-state index contributed by atoms with van der Waals surface area (Å²) in [5.74, 6) is 0.794. The molecule has 0 saturated carbocycles. The lowest BCUT2D eigenvalue weighted by Gasteiger charge is -2.51. The summed E-state index contributed by atoms with van der Waals surface area (Å²) in [7, 11) is 0. The Bertz CT molecular complexity index is 1300. The second kappa shape index (κ2) is 9.56. The van der Waals surface area contributed by atoms with Crippen molar-refractivity contribution in [2.45, 2.75) is 41.6 Å². The summed E-state index contributed by atoms with van der Waals surface area (Å²) < 4.78 is 11.7. The minimum atomic E-state index is -1.29. The van der Waals surface area contributed by atoms with E-state index in [1.165, 1.54) is 47.9 Å². The Morgan fingerprint density at radius 2 is 2.11 bits per heavy atom. The molecule has 14 heteroatoms. The molecule has 1 fully saturated rings. The van der Waals surface area contributed by atoms with E-state index >= 15 is 0 Å². The Hall–Kier alpha value is -2.84. The maximum atomic E-state index is 13.5. The number of nitro groups is 1. The smallest absolute Gasteiger partial charge is 0.355 e. The summed E-state index contributed by atoms with van der Waals surface area (Å²) in [6.07, 6.45) is 0.699. The van der Waals surface area contributed by atoms with Crippen LogP contribution in [0, 0.1) is 10.1 Å². The lowest BCUT2D eigenvalue weighted by Crippen LogP contribution is -2.70. The Labute approximate surface area is 221 Å². The number of nitrogens with zero attached hydrogens (tertiary/aromatic N) is 4. The number of benzene rings is 1. The molecular weight excluding hydrogens is 576 g/mol. The second-order valence-corrected chi connectivity index (χ2v) is 11.6. The lowest BCUT2D eigenvalue weighted by atomic mass is 9.88. The number of alkyl halides is 1. The number of aromatic nitrogens is 2. The van der Waals surface area contributed by atoms with E-state index in [-0.39, 0.29) is 18.0 Å². The minimum absolute atomic E-state index is 0.0665. The largest absolute Gasteiger partial charge is 0.456 e. The van der Waals surface area contributed by atoms with E-state index in [4.69, 9.17) is 9.47 Å². The average molecular weight is 595 g/mol. The zero-order valence-electron chi connectivity index (χ0n) is 18.8. The van der Waals surface area contributed by atoms with E-state index in [0.717, 1.165) is 17.3 Å². The molecule has 4 heterocycles. The lowest BCUT2D eigenvalue weighted by molar-refractivity contribution is -0.384. The number of carbonyl (C=O) groups excluding carboxylic acids is 3. The fourth-order valence-electron chi connectivity index (χ4n) is 4.28. The first-order chi connectivity index (χ1) is 17.2. The van der Waals surface area contributed by atoms with Crippen molar-refractivity contribution in [3.05, 3.63) is 68.8 Å². The zero-order chi connectivity index (χ0) is 25.6. The summed E-state index contributed by atoms with van der Waals surface area (Å²) >= 11 is 6.59. The molecule has 0 radical (unpaired) electrons. The summed E-state index contributed by atoms with van der Waals surface area (Å²) in [5.41, 5.74) is 1.21. The maximum Gasteiger partial charge on any atom is 0.355 e. The molecule has 2 aromatic rings. The monoisotopic (exact) mass is 594 g/mol. The van der Waals surface area contributed by atoms with Crippen LogP contribution in [0.5, 0.6) is 0 Å². The zero-order valence-corrected chi connectivity index (χ0v) is 22.0. The van der Waals surface area contributed by atoms with Gasteiger partial charge in [-0.3, -0.25) is 24.6 Å². The van der Waals surface area contributed by atoms with Crippen LogP contribution in [0.25, 0.3) is 0 Å². The third-order valence-electron chi connectivity index (χ3n) is 6.03. The number of carbonyl (C=O) groups is 3. The van der Waals surface area contributed by atoms with Crippen LogP contribution in [0.15, 0.2) is 41.6 Å². The number of amides is 1. The number of hydrogen-bond acceptors (Lipinski definition) is 10. The third-order valence-corrected chi connectivity index (χ3v) is 9.65. The molecule has 0 bridgehead atoms. The number of fused-ring (bicyclic) bond motifs is 2. The first-order valence-corrected chi connectivity index (χ1v) is 13.7. The molecule has 2 unspecified atom stereocenters. The molecule has 1 amide bonds. The van der Waals surface area contributed by atoms with E-state index in [0.29, 0.717) is 17.8 Å². The molecule has 3 aliphatic heterocycles. The second-order valence-electron chi connectivity index (χ2n) is 8.23. The molecule has 1 aromatic heterocycles. The molecule has 3 atom stereocenters. The number of thioether (sulfide) groups is 2. The van der Waals surface area contributed by atoms with Crippen molar-refractivity contribution in [1.82, 2.24) is 14.5 Å². The van der Waals surface area contributed by atoms with Gasteiger partial charge in [-0.05, 0) is 17.7 Å². The Balaban J connectivity index is 1.32. The van der Waals surface area contributed by atoms with Gasteiger partial charge in [-0.1, -0.05) is 15.9 Å².